The van der Waals surface area contributed by atoms with Crippen LogP contribution in [0.5, 0.6) is 0 Å². The lowest BCUT2D eigenvalue weighted by Gasteiger charge is -2.28. The second-order valence-corrected chi connectivity index (χ2v) is 6.99. The Hall–Kier alpha value is -2.04. The van der Waals surface area contributed by atoms with Gasteiger partial charge in [0.2, 0.25) is 5.91 Å². The molecule has 1 saturated carbocycles. The van der Waals surface area contributed by atoms with E-state index in [-0.39, 0.29) is 11.9 Å². The van der Waals surface area contributed by atoms with Crippen molar-refractivity contribution in [3.8, 4) is 0 Å². The Morgan fingerprint density at radius 1 is 1.23 bits per heavy atom. The molecule has 3 rings (SSSR count). The van der Waals surface area contributed by atoms with Crippen molar-refractivity contribution >= 4 is 12.0 Å². The summed E-state index contributed by atoms with van der Waals surface area (Å²) in [6.07, 6.45) is 1.60. The molecule has 5 nitrogen and oxygen atoms in total. The minimum atomic E-state index is -0.591. The third kappa shape index (κ3) is 3.08. The number of nitrogens with zero attached hydrogens (tertiary/aromatic N) is 1. The number of hydrogen-bond acceptors (Lipinski definition) is 3. The van der Waals surface area contributed by atoms with Crippen molar-refractivity contribution in [3.63, 3.8) is 0 Å². The molecule has 1 fully saturated rings. The van der Waals surface area contributed by atoms with Crippen molar-refractivity contribution in [2.75, 3.05) is 0 Å². The Labute approximate surface area is 130 Å². The van der Waals surface area contributed by atoms with Crippen LogP contribution in [-0.4, -0.2) is 28.5 Å². The molecule has 2 aliphatic rings. The van der Waals surface area contributed by atoms with Gasteiger partial charge in [0.1, 0.15) is 11.6 Å². The summed E-state index contributed by atoms with van der Waals surface area (Å²) in [6, 6.07) is 7.36. The lowest BCUT2D eigenvalue weighted by Crippen LogP contribution is -2.42. The average molecular weight is 302 g/mol. The van der Waals surface area contributed by atoms with Crippen molar-refractivity contribution in [1.82, 2.24) is 10.2 Å². The van der Waals surface area contributed by atoms with Gasteiger partial charge in [-0.15, -0.1) is 0 Å². The Morgan fingerprint density at radius 2 is 1.91 bits per heavy atom. The zero-order chi connectivity index (χ0) is 15.9. The quantitative estimate of drug-likeness (QED) is 0.914. The van der Waals surface area contributed by atoms with Gasteiger partial charge in [0.25, 0.3) is 0 Å². The van der Waals surface area contributed by atoms with Crippen LogP contribution in [0.1, 0.15) is 50.8 Å². The van der Waals surface area contributed by atoms with Crippen LogP contribution in [0.4, 0.5) is 4.79 Å². The highest BCUT2D eigenvalue weighted by Crippen LogP contribution is 2.35. The van der Waals surface area contributed by atoms with Crippen molar-refractivity contribution < 1.29 is 14.3 Å². The predicted molar refractivity (Wildman–Crippen MR) is 82.1 cm³/mol. The van der Waals surface area contributed by atoms with Gasteiger partial charge >= 0.3 is 6.09 Å². The molecule has 2 amide bonds. The normalized spacial score (nSPS) is 20.5. The summed E-state index contributed by atoms with van der Waals surface area (Å²) in [5, 5.41) is 3.00. The SMILES string of the molecule is CC(C)(C)OC(=O)N1Cc2ccccc2C1C(=O)NC1CC1. The van der Waals surface area contributed by atoms with E-state index in [2.05, 4.69) is 5.32 Å². The maximum atomic E-state index is 12.6. The van der Waals surface area contributed by atoms with Gasteiger partial charge < -0.3 is 10.1 Å². The van der Waals surface area contributed by atoms with Gasteiger partial charge in [-0.25, -0.2) is 4.79 Å². The molecule has 1 aliphatic carbocycles. The summed E-state index contributed by atoms with van der Waals surface area (Å²) in [4.78, 5) is 26.6. The highest BCUT2D eigenvalue weighted by molar-refractivity contribution is 5.89. The molecule has 0 aromatic heterocycles. The van der Waals surface area contributed by atoms with Crippen LogP contribution in [0.2, 0.25) is 0 Å². The molecule has 5 heteroatoms. The fourth-order valence-corrected chi connectivity index (χ4v) is 2.67. The molecule has 1 unspecified atom stereocenters. The Balaban J connectivity index is 1.85. The van der Waals surface area contributed by atoms with Gasteiger partial charge in [0, 0.05) is 6.04 Å². The fraction of sp³-hybridized carbons (Fsp3) is 0.529. The predicted octanol–water partition coefficient (Wildman–Crippen LogP) is 2.76. The number of rotatable bonds is 2. The van der Waals surface area contributed by atoms with Crippen LogP contribution in [0.15, 0.2) is 24.3 Å². The van der Waals surface area contributed by atoms with Gasteiger partial charge in [-0.3, -0.25) is 9.69 Å². The van der Waals surface area contributed by atoms with Crippen molar-refractivity contribution in [2.45, 2.75) is 57.8 Å². The number of nitrogens with one attached hydrogen (secondary N) is 1. The highest BCUT2D eigenvalue weighted by Gasteiger charge is 2.41. The van der Waals surface area contributed by atoms with E-state index in [0.717, 1.165) is 24.0 Å². The molecule has 1 aromatic rings. The summed E-state index contributed by atoms with van der Waals surface area (Å²) < 4.78 is 5.46. The smallest absolute Gasteiger partial charge is 0.411 e. The largest absolute Gasteiger partial charge is 0.444 e. The number of fused-ring (bicyclic) bond motifs is 1. The van der Waals surface area contributed by atoms with Crippen LogP contribution in [0.25, 0.3) is 0 Å². The van der Waals surface area contributed by atoms with Gasteiger partial charge in [0.05, 0.1) is 6.54 Å². The maximum absolute atomic E-state index is 12.6. The number of ether oxygens (including phenoxy) is 1. The molecule has 118 valence electrons. The van der Waals surface area contributed by atoms with E-state index >= 15 is 0 Å². The molecule has 1 atom stereocenters. The molecular weight excluding hydrogens is 280 g/mol. The number of hydrogen-bond donors (Lipinski definition) is 1. The van der Waals surface area contributed by atoms with Crippen LogP contribution >= 0.6 is 0 Å². The van der Waals surface area contributed by atoms with E-state index in [4.69, 9.17) is 4.74 Å². The van der Waals surface area contributed by atoms with Gasteiger partial charge in [0.15, 0.2) is 0 Å². The number of amides is 2. The Bertz CT molecular complexity index is 602. The summed E-state index contributed by atoms with van der Waals surface area (Å²) in [6.45, 7) is 5.89. The molecule has 1 aromatic carbocycles. The third-order valence-corrected chi connectivity index (χ3v) is 3.80. The molecular formula is C17H22N2O3. The van der Waals surface area contributed by atoms with Crippen LogP contribution in [-0.2, 0) is 16.1 Å². The summed E-state index contributed by atoms with van der Waals surface area (Å²) >= 11 is 0. The molecule has 0 bridgehead atoms. The Kier molecular flexibility index (Phi) is 3.59. The zero-order valence-corrected chi connectivity index (χ0v) is 13.3. The monoisotopic (exact) mass is 302 g/mol. The highest BCUT2D eigenvalue weighted by atomic mass is 16.6. The first-order valence-electron chi connectivity index (χ1n) is 7.73. The second kappa shape index (κ2) is 5.30. The summed E-state index contributed by atoms with van der Waals surface area (Å²) in [7, 11) is 0. The van der Waals surface area contributed by atoms with Crippen LogP contribution < -0.4 is 5.32 Å². The first-order valence-corrected chi connectivity index (χ1v) is 7.73. The standard InChI is InChI=1S/C17H22N2O3/c1-17(2,3)22-16(21)19-10-11-6-4-5-7-13(11)14(19)15(20)18-12-8-9-12/h4-7,12,14H,8-10H2,1-3H3,(H,18,20). The lowest BCUT2D eigenvalue weighted by atomic mass is 10.0. The molecule has 0 radical (unpaired) electrons. The van der Waals surface area contributed by atoms with E-state index < -0.39 is 17.7 Å². The zero-order valence-electron chi connectivity index (χ0n) is 13.3. The van der Waals surface area contributed by atoms with Gasteiger partial charge in [-0.1, -0.05) is 24.3 Å². The second-order valence-electron chi connectivity index (χ2n) is 6.99. The number of carbonyl (C=O) groups is 2. The summed E-state index contributed by atoms with van der Waals surface area (Å²) in [5.41, 5.74) is 1.32. The molecule has 22 heavy (non-hydrogen) atoms. The average Bonchev–Trinajstić information content (AvgIpc) is 3.13. The van der Waals surface area contributed by atoms with E-state index in [0.29, 0.717) is 6.54 Å². The van der Waals surface area contributed by atoms with Crippen molar-refractivity contribution in [2.24, 2.45) is 0 Å². The first-order chi connectivity index (χ1) is 10.3. The minimum absolute atomic E-state index is 0.113. The topological polar surface area (TPSA) is 58.6 Å². The molecule has 0 saturated heterocycles. The number of benzene rings is 1. The molecule has 1 aliphatic heterocycles. The van der Waals surface area contributed by atoms with E-state index in [9.17, 15) is 9.59 Å². The lowest BCUT2D eigenvalue weighted by molar-refractivity contribution is -0.126. The van der Waals surface area contributed by atoms with Crippen molar-refractivity contribution in [3.05, 3.63) is 35.4 Å². The summed E-state index contributed by atoms with van der Waals surface area (Å²) in [5.74, 6) is -0.113. The third-order valence-electron chi connectivity index (χ3n) is 3.80. The van der Waals surface area contributed by atoms with Crippen LogP contribution in [0.3, 0.4) is 0 Å². The van der Waals surface area contributed by atoms with Crippen molar-refractivity contribution in [1.29, 1.82) is 0 Å². The minimum Gasteiger partial charge on any atom is -0.444 e. The molecule has 0 spiro atoms. The van der Waals surface area contributed by atoms with E-state index in [1.54, 1.807) is 0 Å². The number of carbonyl (C=O) groups excluding carboxylic acids is 2. The fourth-order valence-electron chi connectivity index (χ4n) is 2.67. The van der Waals surface area contributed by atoms with Crippen LogP contribution in [0, 0.1) is 0 Å². The van der Waals surface area contributed by atoms with E-state index in [1.165, 1.54) is 4.90 Å². The van der Waals surface area contributed by atoms with E-state index in [1.807, 2.05) is 45.0 Å². The van der Waals surface area contributed by atoms with Gasteiger partial charge in [-0.2, -0.15) is 0 Å². The Morgan fingerprint density at radius 3 is 2.55 bits per heavy atom. The molecule has 1 N–H and O–H groups in total. The maximum Gasteiger partial charge on any atom is 0.411 e. The molecule has 1 heterocycles. The first kappa shape index (κ1) is 14.9. The van der Waals surface area contributed by atoms with Gasteiger partial charge in [-0.05, 0) is 44.7 Å².